The maximum Gasteiger partial charge on any atom is 0.119 e. The summed E-state index contributed by atoms with van der Waals surface area (Å²) in [5.74, 6) is 0.931. The zero-order chi connectivity index (χ0) is 12.5. The van der Waals surface area contributed by atoms with E-state index in [4.69, 9.17) is 9.47 Å². The lowest BCUT2D eigenvalue weighted by Gasteiger charge is -2.11. The van der Waals surface area contributed by atoms with Gasteiger partial charge in [0.1, 0.15) is 12.4 Å². The third-order valence-electron chi connectivity index (χ3n) is 2.45. The van der Waals surface area contributed by atoms with E-state index in [1.54, 1.807) is 0 Å². The van der Waals surface area contributed by atoms with Crippen LogP contribution in [0.3, 0.4) is 0 Å². The number of rotatable bonds is 8. The summed E-state index contributed by atoms with van der Waals surface area (Å²) in [6.45, 7) is 5.06. The van der Waals surface area contributed by atoms with Crippen LogP contribution in [-0.4, -0.2) is 45.4 Å². The van der Waals surface area contributed by atoms with Gasteiger partial charge in [0.15, 0.2) is 0 Å². The predicted octanol–water partition coefficient (Wildman–Crippen LogP) is 2.21. The zero-order valence-electron chi connectivity index (χ0n) is 11.1. The zero-order valence-corrected chi connectivity index (χ0v) is 11.1. The van der Waals surface area contributed by atoms with Crippen molar-refractivity contribution in [3.8, 4) is 5.75 Å². The van der Waals surface area contributed by atoms with Gasteiger partial charge in [-0.2, -0.15) is 0 Å². The number of likely N-dealkylation sites (N-methyl/N-ethyl adjacent to an activating group) is 1. The Kier molecular flexibility index (Phi) is 6.67. The summed E-state index contributed by atoms with van der Waals surface area (Å²) in [6, 6.07) is 8.28. The summed E-state index contributed by atoms with van der Waals surface area (Å²) < 4.78 is 10.8. The lowest BCUT2D eigenvalue weighted by atomic mass is 10.1. The Balaban J connectivity index is 2.37. The highest BCUT2D eigenvalue weighted by Gasteiger charge is 1.98. The molecule has 0 unspecified atom stereocenters. The molecule has 1 aromatic carbocycles. The van der Waals surface area contributed by atoms with Gasteiger partial charge in [-0.3, -0.25) is 0 Å². The van der Waals surface area contributed by atoms with Crippen LogP contribution >= 0.6 is 0 Å². The largest absolute Gasteiger partial charge is 0.491 e. The summed E-state index contributed by atoms with van der Waals surface area (Å²) >= 11 is 0. The van der Waals surface area contributed by atoms with Crippen LogP contribution in [0.25, 0.3) is 0 Å². The normalized spacial score (nSPS) is 10.8. The van der Waals surface area contributed by atoms with Crippen molar-refractivity contribution in [2.75, 3.05) is 40.5 Å². The summed E-state index contributed by atoms with van der Waals surface area (Å²) in [4.78, 5) is 2.18. The molecule has 0 heterocycles. The van der Waals surface area contributed by atoms with Gasteiger partial charge in [0.2, 0.25) is 0 Å². The fourth-order valence-electron chi connectivity index (χ4n) is 1.51. The SMILES string of the molecule is CCOCCOc1cccc(CCN(C)C)c1. The molecule has 0 atom stereocenters. The van der Waals surface area contributed by atoms with Crippen molar-refractivity contribution >= 4 is 0 Å². The van der Waals surface area contributed by atoms with E-state index in [1.165, 1.54) is 5.56 Å². The van der Waals surface area contributed by atoms with Gasteiger partial charge in [0, 0.05) is 13.2 Å². The molecule has 0 fully saturated rings. The second-order valence-corrected chi connectivity index (χ2v) is 4.25. The molecule has 0 aromatic heterocycles. The lowest BCUT2D eigenvalue weighted by Crippen LogP contribution is -2.15. The third-order valence-corrected chi connectivity index (χ3v) is 2.45. The van der Waals surface area contributed by atoms with E-state index >= 15 is 0 Å². The van der Waals surface area contributed by atoms with Gasteiger partial charge in [-0.25, -0.2) is 0 Å². The van der Waals surface area contributed by atoms with E-state index in [1.807, 2.05) is 19.1 Å². The molecule has 3 heteroatoms. The number of hydrogen-bond donors (Lipinski definition) is 0. The molecule has 0 amide bonds. The number of ether oxygens (including phenoxy) is 2. The molecule has 0 aliphatic heterocycles. The van der Waals surface area contributed by atoms with Crippen molar-refractivity contribution in [3.05, 3.63) is 29.8 Å². The number of benzene rings is 1. The second kappa shape index (κ2) is 8.09. The fourth-order valence-corrected chi connectivity index (χ4v) is 1.51. The molecule has 0 bridgehead atoms. The first kappa shape index (κ1) is 14.0. The molecule has 1 aromatic rings. The highest BCUT2D eigenvalue weighted by molar-refractivity contribution is 5.28. The van der Waals surface area contributed by atoms with Crippen LogP contribution in [0.5, 0.6) is 5.75 Å². The first-order valence-electron chi connectivity index (χ1n) is 6.16. The molecule has 3 nitrogen and oxygen atoms in total. The van der Waals surface area contributed by atoms with Gasteiger partial charge in [-0.05, 0) is 45.1 Å². The summed E-state index contributed by atoms with van der Waals surface area (Å²) in [7, 11) is 4.17. The Bertz CT molecular complexity index is 313. The van der Waals surface area contributed by atoms with Crippen LogP contribution < -0.4 is 4.74 Å². The van der Waals surface area contributed by atoms with Crippen LogP contribution in [0.1, 0.15) is 12.5 Å². The molecule has 0 saturated heterocycles. The van der Waals surface area contributed by atoms with E-state index in [0.717, 1.165) is 25.3 Å². The smallest absolute Gasteiger partial charge is 0.119 e. The van der Waals surface area contributed by atoms with Crippen molar-refractivity contribution in [1.82, 2.24) is 4.90 Å². The van der Waals surface area contributed by atoms with Crippen LogP contribution in [0.2, 0.25) is 0 Å². The molecular formula is C14H23NO2. The third kappa shape index (κ3) is 6.29. The maximum absolute atomic E-state index is 5.62. The Morgan fingerprint density at radius 1 is 1.18 bits per heavy atom. The van der Waals surface area contributed by atoms with E-state index in [2.05, 4.69) is 31.1 Å². The van der Waals surface area contributed by atoms with Gasteiger partial charge >= 0.3 is 0 Å². The van der Waals surface area contributed by atoms with Crippen LogP contribution in [-0.2, 0) is 11.2 Å². The fraction of sp³-hybridized carbons (Fsp3) is 0.571. The Hall–Kier alpha value is -1.06. The van der Waals surface area contributed by atoms with Crippen molar-refractivity contribution in [2.24, 2.45) is 0 Å². The first-order valence-corrected chi connectivity index (χ1v) is 6.16. The molecule has 0 spiro atoms. The molecule has 1 rings (SSSR count). The standard InChI is InChI=1S/C14H23NO2/c1-4-16-10-11-17-14-7-5-6-13(12-14)8-9-15(2)3/h5-7,12H,4,8-11H2,1-3H3. The minimum atomic E-state index is 0.616. The van der Waals surface area contributed by atoms with Crippen LogP contribution in [0.15, 0.2) is 24.3 Å². The van der Waals surface area contributed by atoms with Gasteiger partial charge in [-0.1, -0.05) is 12.1 Å². The number of hydrogen-bond acceptors (Lipinski definition) is 3. The highest BCUT2D eigenvalue weighted by atomic mass is 16.5. The number of nitrogens with zero attached hydrogens (tertiary/aromatic N) is 1. The van der Waals surface area contributed by atoms with Crippen molar-refractivity contribution in [2.45, 2.75) is 13.3 Å². The topological polar surface area (TPSA) is 21.7 Å². The quantitative estimate of drug-likeness (QED) is 0.647. The summed E-state index contributed by atoms with van der Waals surface area (Å²) in [6.07, 6.45) is 1.05. The Labute approximate surface area is 104 Å². The summed E-state index contributed by atoms with van der Waals surface area (Å²) in [5.41, 5.74) is 1.31. The van der Waals surface area contributed by atoms with Gasteiger partial charge in [0.05, 0.1) is 6.61 Å². The maximum atomic E-state index is 5.62. The predicted molar refractivity (Wildman–Crippen MR) is 70.7 cm³/mol. The first-order chi connectivity index (χ1) is 8.22. The average molecular weight is 237 g/mol. The monoisotopic (exact) mass is 237 g/mol. The minimum absolute atomic E-state index is 0.616. The lowest BCUT2D eigenvalue weighted by molar-refractivity contribution is 0.110. The van der Waals surface area contributed by atoms with E-state index in [-0.39, 0.29) is 0 Å². The van der Waals surface area contributed by atoms with Crippen molar-refractivity contribution in [1.29, 1.82) is 0 Å². The molecule has 0 aliphatic rings. The second-order valence-electron chi connectivity index (χ2n) is 4.25. The van der Waals surface area contributed by atoms with Crippen molar-refractivity contribution in [3.63, 3.8) is 0 Å². The molecule has 0 N–H and O–H groups in total. The summed E-state index contributed by atoms with van der Waals surface area (Å²) in [5, 5.41) is 0. The minimum Gasteiger partial charge on any atom is -0.491 e. The van der Waals surface area contributed by atoms with E-state index in [0.29, 0.717) is 13.2 Å². The molecule has 17 heavy (non-hydrogen) atoms. The molecule has 96 valence electrons. The van der Waals surface area contributed by atoms with Gasteiger partial charge in [0.25, 0.3) is 0 Å². The van der Waals surface area contributed by atoms with E-state index in [9.17, 15) is 0 Å². The Morgan fingerprint density at radius 3 is 2.71 bits per heavy atom. The van der Waals surface area contributed by atoms with Crippen molar-refractivity contribution < 1.29 is 9.47 Å². The molecule has 0 radical (unpaired) electrons. The Morgan fingerprint density at radius 2 is 2.00 bits per heavy atom. The molecule has 0 aliphatic carbocycles. The molecule has 0 saturated carbocycles. The van der Waals surface area contributed by atoms with E-state index < -0.39 is 0 Å². The molecular weight excluding hydrogens is 214 g/mol. The highest BCUT2D eigenvalue weighted by Crippen LogP contribution is 2.13. The van der Waals surface area contributed by atoms with Gasteiger partial charge < -0.3 is 14.4 Å². The van der Waals surface area contributed by atoms with Gasteiger partial charge in [-0.15, -0.1) is 0 Å². The average Bonchev–Trinajstić information content (AvgIpc) is 2.33. The van der Waals surface area contributed by atoms with Crippen LogP contribution in [0.4, 0.5) is 0 Å². The van der Waals surface area contributed by atoms with Crippen LogP contribution in [0, 0.1) is 0 Å².